The number of carbonyl (C=O) groups is 1. The molecule has 1 aromatic carbocycles. The molecule has 0 heterocycles. The average molecular weight is 300 g/mol. The van der Waals surface area contributed by atoms with E-state index in [9.17, 15) is 4.79 Å². The Morgan fingerprint density at radius 3 is 2.27 bits per heavy atom. The first kappa shape index (κ1) is 13.9. The molecule has 0 aromatic heterocycles. The quantitative estimate of drug-likeness (QED) is 0.892. The molecule has 0 atom stereocenters. The molecule has 0 unspecified atom stereocenters. The topological polar surface area (TPSA) is 50.4 Å². The van der Waals surface area contributed by atoms with E-state index < -0.39 is 0 Å². The third-order valence-electron chi connectivity index (χ3n) is 5.77. The molecule has 0 aliphatic heterocycles. The van der Waals surface area contributed by atoms with E-state index in [1.165, 1.54) is 38.5 Å². The number of amides is 2. The van der Waals surface area contributed by atoms with Gasteiger partial charge in [-0.1, -0.05) is 12.1 Å². The Balaban J connectivity index is 1.46. The van der Waals surface area contributed by atoms with Crippen molar-refractivity contribution in [1.82, 2.24) is 5.32 Å². The Kier molecular flexibility index (Phi) is 3.28. The van der Waals surface area contributed by atoms with Crippen molar-refractivity contribution < 1.29 is 9.53 Å². The van der Waals surface area contributed by atoms with Gasteiger partial charge < -0.3 is 15.4 Å². The second-order valence-corrected chi connectivity index (χ2v) is 7.48. The number of para-hydroxylation sites is 2. The van der Waals surface area contributed by atoms with Crippen molar-refractivity contribution >= 4 is 11.7 Å². The number of methoxy groups -OCH3 is 1. The zero-order valence-electron chi connectivity index (χ0n) is 13.1. The summed E-state index contributed by atoms with van der Waals surface area (Å²) in [4.78, 5) is 12.5. The molecule has 2 N–H and O–H groups in total. The van der Waals surface area contributed by atoms with Gasteiger partial charge in [-0.2, -0.15) is 0 Å². The number of benzene rings is 1. The fraction of sp³-hybridized carbons (Fsp3) is 0.611. The molecule has 4 nitrogen and oxygen atoms in total. The van der Waals surface area contributed by atoms with Crippen LogP contribution >= 0.6 is 0 Å². The van der Waals surface area contributed by atoms with E-state index in [2.05, 4.69) is 10.6 Å². The molecular weight excluding hydrogens is 276 g/mol. The molecule has 118 valence electrons. The zero-order valence-corrected chi connectivity index (χ0v) is 13.1. The molecule has 2 amide bonds. The molecule has 4 fully saturated rings. The first-order chi connectivity index (χ1) is 10.7. The normalized spacial score (nSPS) is 35.2. The summed E-state index contributed by atoms with van der Waals surface area (Å²) in [6, 6.07) is 7.45. The lowest BCUT2D eigenvalue weighted by molar-refractivity contribution is -0.0127. The van der Waals surface area contributed by atoms with E-state index in [1.54, 1.807) is 7.11 Å². The maximum absolute atomic E-state index is 12.5. The van der Waals surface area contributed by atoms with Crippen molar-refractivity contribution in [2.75, 3.05) is 12.4 Å². The number of hydrogen-bond acceptors (Lipinski definition) is 2. The van der Waals surface area contributed by atoms with Crippen molar-refractivity contribution in [3.05, 3.63) is 24.3 Å². The van der Waals surface area contributed by atoms with Crippen molar-refractivity contribution in [3.63, 3.8) is 0 Å². The first-order valence-electron chi connectivity index (χ1n) is 8.38. The third kappa shape index (κ3) is 2.44. The van der Waals surface area contributed by atoms with Gasteiger partial charge in [-0.25, -0.2) is 4.79 Å². The van der Waals surface area contributed by atoms with Gasteiger partial charge in [0.1, 0.15) is 5.75 Å². The Hall–Kier alpha value is -1.71. The molecule has 1 aromatic rings. The van der Waals surface area contributed by atoms with Crippen molar-refractivity contribution in [1.29, 1.82) is 0 Å². The van der Waals surface area contributed by atoms with Crippen LogP contribution in [-0.4, -0.2) is 18.7 Å². The molecule has 4 heteroatoms. The van der Waals surface area contributed by atoms with Crippen molar-refractivity contribution in [2.45, 2.75) is 44.1 Å². The summed E-state index contributed by atoms with van der Waals surface area (Å²) in [5, 5.41) is 6.28. The van der Waals surface area contributed by atoms with Gasteiger partial charge in [0, 0.05) is 5.54 Å². The standard InChI is InChI=1S/C18H24N2O2/c1-22-16-5-3-2-4-15(16)19-17(21)20-18-9-12-6-13(10-18)8-14(7-12)11-18/h2-5,12-14H,6-11H2,1H3,(H2,19,20,21). The SMILES string of the molecule is COc1ccccc1NC(=O)NC12CC3CC(CC(C3)C1)C2. The highest BCUT2D eigenvalue weighted by Gasteiger charge is 2.51. The lowest BCUT2D eigenvalue weighted by atomic mass is 9.53. The monoisotopic (exact) mass is 300 g/mol. The molecule has 4 aliphatic carbocycles. The van der Waals surface area contributed by atoms with Gasteiger partial charge >= 0.3 is 6.03 Å². The Bertz CT molecular complexity index is 549. The van der Waals surface area contributed by atoms with Gasteiger partial charge in [0.05, 0.1) is 12.8 Å². The van der Waals surface area contributed by atoms with Gasteiger partial charge in [-0.3, -0.25) is 0 Å². The van der Waals surface area contributed by atoms with Crippen LogP contribution in [0.25, 0.3) is 0 Å². The fourth-order valence-electron chi connectivity index (χ4n) is 5.41. The largest absolute Gasteiger partial charge is 0.495 e. The number of ether oxygens (including phenoxy) is 1. The van der Waals surface area contributed by atoms with E-state index in [4.69, 9.17) is 4.74 Å². The van der Waals surface area contributed by atoms with Crippen LogP contribution in [0.1, 0.15) is 38.5 Å². The summed E-state index contributed by atoms with van der Waals surface area (Å²) in [6.07, 6.45) is 7.65. The van der Waals surface area contributed by atoms with Crippen LogP contribution in [0.2, 0.25) is 0 Å². The molecule has 0 radical (unpaired) electrons. The summed E-state index contributed by atoms with van der Waals surface area (Å²) < 4.78 is 5.30. The minimum atomic E-state index is -0.0912. The van der Waals surface area contributed by atoms with Gasteiger partial charge in [-0.15, -0.1) is 0 Å². The second-order valence-electron chi connectivity index (χ2n) is 7.48. The Morgan fingerprint density at radius 1 is 1.09 bits per heavy atom. The van der Waals surface area contributed by atoms with E-state index in [1.807, 2.05) is 24.3 Å². The number of anilines is 1. The number of hydrogen-bond donors (Lipinski definition) is 2. The van der Waals surface area contributed by atoms with Crippen LogP contribution in [0, 0.1) is 17.8 Å². The van der Waals surface area contributed by atoms with E-state index in [0.29, 0.717) is 5.75 Å². The van der Waals surface area contributed by atoms with Gasteiger partial charge in [0.2, 0.25) is 0 Å². The highest BCUT2D eigenvalue weighted by molar-refractivity contribution is 5.91. The number of urea groups is 1. The predicted molar refractivity (Wildman–Crippen MR) is 86.1 cm³/mol. The molecule has 5 rings (SSSR count). The van der Waals surface area contributed by atoms with Crippen molar-refractivity contribution in [2.24, 2.45) is 17.8 Å². The highest BCUT2D eigenvalue weighted by Crippen LogP contribution is 2.55. The number of rotatable bonds is 3. The smallest absolute Gasteiger partial charge is 0.319 e. The van der Waals surface area contributed by atoms with Crippen LogP contribution in [-0.2, 0) is 0 Å². The fourth-order valence-corrected chi connectivity index (χ4v) is 5.41. The third-order valence-corrected chi connectivity index (χ3v) is 5.77. The molecule has 22 heavy (non-hydrogen) atoms. The summed E-state index contributed by atoms with van der Waals surface area (Å²) in [7, 11) is 1.62. The average Bonchev–Trinajstić information content (AvgIpc) is 2.45. The van der Waals surface area contributed by atoms with Crippen LogP contribution in [0.5, 0.6) is 5.75 Å². The van der Waals surface area contributed by atoms with Crippen LogP contribution in [0.15, 0.2) is 24.3 Å². The van der Waals surface area contributed by atoms with E-state index >= 15 is 0 Å². The molecule has 0 spiro atoms. The summed E-state index contributed by atoms with van der Waals surface area (Å²) >= 11 is 0. The summed E-state index contributed by atoms with van der Waals surface area (Å²) in [5.41, 5.74) is 0.771. The Morgan fingerprint density at radius 2 is 1.68 bits per heavy atom. The predicted octanol–water partition coefficient (Wildman–Crippen LogP) is 3.79. The zero-order chi connectivity index (χ0) is 15.2. The minimum Gasteiger partial charge on any atom is -0.495 e. The first-order valence-corrected chi connectivity index (χ1v) is 8.38. The molecule has 4 aliphatic rings. The molecule has 4 bridgehead atoms. The number of nitrogens with one attached hydrogen (secondary N) is 2. The van der Waals surface area contributed by atoms with E-state index in [-0.39, 0.29) is 11.6 Å². The van der Waals surface area contributed by atoms with Gasteiger partial charge in [0.15, 0.2) is 0 Å². The summed E-state index contributed by atoms with van der Waals surface area (Å²) in [5.74, 6) is 3.19. The lowest BCUT2D eigenvalue weighted by Gasteiger charge is -2.56. The second kappa shape index (κ2) is 5.18. The lowest BCUT2D eigenvalue weighted by Crippen LogP contribution is -2.60. The van der Waals surface area contributed by atoms with Gasteiger partial charge in [-0.05, 0) is 68.4 Å². The molecule has 0 saturated heterocycles. The van der Waals surface area contributed by atoms with Crippen molar-refractivity contribution in [3.8, 4) is 5.75 Å². The highest BCUT2D eigenvalue weighted by atomic mass is 16.5. The van der Waals surface area contributed by atoms with E-state index in [0.717, 1.165) is 23.4 Å². The van der Waals surface area contributed by atoms with Crippen LogP contribution < -0.4 is 15.4 Å². The Labute approximate surface area is 131 Å². The summed E-state index contributed by atoms with van der Waals surface area (Å²) in [6.45, 7) is 0. The number of carbonyl (C=O) groups excluding carboxylic acids is 1. The maximum atomic E-state index is 12.5. The van der Waals surface area contributed by atoms with Crippen LogP contribution in [0.4, 0.5) is 10.5 Å². The minimum absolute atomic E-state index is 0.0425. The maximum Gasteiger partial charge on any atom is 0.319 e. The molecule has 4 saturated carbocycles. The van der Waals surface area contributed by atoms with Crippen LogP contribution in [0.3, 0.4) is 0 Å². The van der Waals surface area contributed by atoms with Gasteiger partial charge in [0.25, 0.3) is 0 Å². The molecular formula is C18H24N2O2.